The van der Waals surface area contributed by atoms with Gasteiger partial charge >= 0.3 is 0 Å². The Hall–Kier alpha value is 0. The highest BCUT2D eigenvalue weighted by molar-refractivity contribution is 4.49. The van der Waals surface area contributed by atoms with Gasteiger partial charge in [0.05, 0.1) is 0 Å². The highest BCUT2D eigenvalue weighted by atomic mass is 14.0. The molecule has 86 valence electrons. The SMILES string of the molecule is CCCCCCCCCCCC(C)C. The maximum atomic E-state index is 2.32. The van der Waals surface area contributed by atoms with Crippen LogP contribution in [-0.4, -0.2) is 0 Å². The smallest absolute Gasteiger partial charge is 0.0471 e. The average molecular weight is 198 g/mol. The molecular formula is C14H30. The Balaban J connectivity index is 2.85. The molecule has 0 nitrogen and oxygen atoms in total. The minimum Gasteiger partial charge on any atom is -0.0654 e. The monoisotopic (exact) mass is 198 g/mol. The van der Waals surface area contributed by atoms with Crippen molar-refractivity contribution in [2.24, 2.45) is 5.92 Å². The molecule has 0 saturated heterocycles. The molecule has 0 atom stereocenters. The molecule has 0 radical (unpaired) electrons. The van der Waals surface area contributed by atoms with E-state index < -0.39 is 0 Å². The Bertz CT molecular complexity index is 94.2. The quantitative estimate of drug-likeness (QED) is 0.403. The molecule has 0 spiro atoms. The van der Waals surface area contributed by atoms with E-state index in [4.69, 9.17) is 0 Å². The largest absolute Gasteiger partial charge is 0.0654 e. The van der Waals surface area contributed by atoms with E-state index in [1.165, 1.54) is 64.2 Å². The highest BCUT2D eigenvalue weighted by Crippen LogP contribution is 2.12. The lowest BCUT2D eigenvalue weighted by Gasteiger charge is -2.04. The van der Waals surface area contributed by atoms with E-state index in [2.05, 4.69) is 20.8 Å². The van der Waals surface area contributed by atoms with Gasteiger partial charge in [-0.15, -0.1) is 0 Å². The van der Waals surface area contributed by atoms with E-state index in [0.717, 1.165) is 5.92 Å². The van der Waals surface area contributed by atoms with Gasteiger partial charge < -0.3 is 0 Å². The summed E-state index contributed by atoms with van der Waals surface area (Å²) >= 11 is 0. The van der Waals surface area contributed by atoms with Crippen LogP contribution < -0.4 is 0 Å². The van der Waals surface area contributed by atoms with Gasteiger partial charge in [0.25, 0.3) is 0 Å². The number of unbranched alkanes of at least 4 members (excludes halogenated alkanes) is 8. The van der Waals surface area contributed by atoms with Gasteiger partial charge in [0, 0.05) is 0 Å². The van der Waals surface area contributed by atoms with Crippen molar-refractivity contribution in [3.05, 3.63) is 0 Å². The van der Waals surface area contributed by atoms with Crippen LogP contribution in [0.2, 0.25) is 0 Å². The fourth-order valence-electron chi connectivity index (χ4n) is 1.86. The molecule has 0 fully saturated rings. The first-order valence-electron chi connectivity index (χ1n) is 6.77. The summed E-state index contributed by atoms with van der Waals surface area (Å²) < 4.78 is 0. The van der Waals surface area contributed by atoms with E-state index in [9.17, 15) is 0 Å². The summed E-state index contributed by atoms with van der Waals surface area (Å²) in [5.41, 5.74) is 0. The minimum absolute atomic E-state index is 0.902. The molecule has 0 bridgehead atoms. The van der Waals surface area contributed by atoms with Crippen molar-refractivity contribution in [3.63, 3.8) is 0 Å². The molecule has 0 unspecified atom stereocenters. The molecule has 0 rings (SSSR count). The van der Waals surface area contributed by atoms with Crippen molar-refractivity contribution in [1.82, 2.24) is 0 Å². The Morgan fingerprint density at radius 3 is 1.50 bits per heavy atom. The van der Waals surface area contributed by atoms with Gasteiger partial charge in [-0.05, 0) is 5.92 Å². The fourth-order valence-corrected chi connectivity index (χ4v) is 1.86. The van der Waals surface area contributed by atoms with Crippen molar-refractivity contribution in [2.75, 3.05) is 0 Å². The molecule has 0 N–H and O–H groups in total. The van der Waals surface area contributed by atoms with Crippen LogP contribution in [0.5, 0.6) is 0 Å². The molecule has 14 heavy (non-hydrogen) atoms. The molecule has 0 aromatic carbocycles. The second-order valence-electron chi connectivity index (χ2n) is 5.01. The average Bonchev–Trinajstić information content (AvgIpc) is 2.15. The molecule has 0 amide bonds. The van der Waals surface area contributed by atoms with Crippen LogP contribution in [0.3, 0.4) is 0 Å². The summed E-state index contributed by atoms with van der Waals surface area (Å²) in [5, 5.41) is 0. The topological polar surface area (TPSA) is 0 Å². The lowest BCUT2D eigenvalue weighted by Crippen LogP contribution is -1.87. The van der Waals surface area contributed by atoms with Gasteiger partial charge in [0.1, 0.15) is 0 Å². The molecular weight excluding hydrogens is 168 g/mol. The Labute approximate surface area is 91.5 Å². The lowest BCUT2D eigenvalue weighted by atomic mass is 10.0. The number of rotatable bonds is 10. The first-order valence-corrected chi connectivity index (χ1v) is 6.77. The van der Waals surface area contributed by atoms with Gasteiger partial charge in [-0.1, -0.05) is 85.0 Å². The van der Waals surface area contributed by atoms with E-state index in [1.807, 2.05) is 0 Å². The van der Waals surface area contributed by atoms with Crippen molar-refractivity contribution < 1.29 is 0 Å². The van der Waals surface area contributed by atoms with Crippen LogP contribution in [-0.2, 0) is 0 Å². The third kappa shape index (κ3) is 12.0. The Morgan fingerprint density at radius 1 is 0.643 bits per heavy atom. The van der Waals surface area contributed by atoms with Gasteiger partial charge in [0.15, 0.2) is 0 Å². The third-order valence-electron chi connectivity index (χ3n) is 2.89. The minimum atomic E-state index is 0.902. The molecule has 0 aliphatic rings. The maximum absolute atomic E-state index is 2.32. The summed E-state index contributed by atoms with van der Waals surface area (Å²) in [6.07, 6.45) is 14.5. The van der Waals surface area contributed by atoms with Crippen molar-refractivity contribution >= 4 is 0 Å². The van der Waals surface area contributed by atoms with Crippen LogP contribution in [0, 0.1) is 5.92 Å². The normalized spacial score (nSPS) is 11.1. The summed E-state index contributed by atoms with van der Waals surface area (Å²) in [6.45, 7) is 6.93. The van der Waals surface area contributed by atoms with E-state index in [0.29, 0.717) is 0 Å². The lowest BCUT2D eigenvalue weighted by molar-refractivity contribution is 0.507. The number of hydrogen-bond acceptors (Lipinski definition) is 0. The number of hydrogen-bond donors (Lipinski definition) is 0. The van der Waals surface area contributed by atoms with Gasteiger partial charge in [-0.3, -0.25) is 0 Å². The first-order chi connectivity index (χ1) is 6.77. The molecule has 0 heterocycles. The Morgan fingerprint density at radius 2 is 1.07 bits per heavy atom. The first kappa shape index (κ1) is 14.0. The molecule has 0 saturated carbocycles. The predicted molar refractivity (Wildman–Crippen MR) is 66.7 cm³/mol. The van der Waals surface area contributed by atoms with E-state index in [-0.39, 0.29) is 0 Å². The molecule has 0 aliphatic heterocycles. The van der Waals surface area contributed by atoms with Crippen LogP contribution in [0.1, 0.15) is 85.0 Å². The fraction of sp³-hybridized carbons (Fsp3) is 1.00. The summed E-state index contributed by atoms with van der Waals surface area (Å²) in [6, 6.07) is 0. The molecule has 0 aliphatic carbocycles. The van der Waals surface area contributed by atoms with Crippen molar-refractivity contribution in [1.29, 1.82) is 0 Å². The van der Waals surface area contributed by atoms with E-state index in [1.54, 1.807) is 0 Å². The Kier molecular flexibility index (Phi) is 11.1. The third-order valence-corrected chi connectivity index (χ3v) is 2.89. The van der Waals surface area contributed by atoms with Crippen molar-refractivity contribution in [3.8, 4) is 0 Å². The molecule has 0 aromatic rings. The van der Waals surface area contributed by atoms with Crippen LogP contribution in [0.15, 0.2) is 0 Å². The zero-order valence-corrected chi connectivity index (χ0v) is 10.6. The molecule has 0 heteroatoms. The van der Waals surface area contributed by atoms with Crippen LogP contribution >= 0.6 is 0 Å². The summed E-state index contributed by atoms with van der Waals surface area (Å²) in [7, 11) is 0. The summed E-state index contributed by atoms with van der Waals surface area (Å²) in [5.74, 6) is 0.902. The maximum Gasteiger partial charge on any atom is -0.0471 e. The van der Waals surface area contributed by atoms with Gasteiger partial charge in [-0.2, -0.15) is 0 Å². The van der Waals surface area contributed by atoms with Gasteiger partial charge in [-0.25, -0.2) is 0 Å². The zero-order chi connectivity index (χ0) is 10.6. The summed E-state index contributed by atoms with van der Waals surface area (Å²) in [4.78, 5) is 0. The predicted octanol–water partition coefficient (Wildman–Crippen LogP) is 5.56. The standard InChI is InChI=1S/C14H30/c1-4-5-6-7-8-9-10-11-12-13-14(2)3/h14H,4-13H2,1-3H3. The van der Waals surface area contributed by atoms with E-state index >= 15 is 0 Å². The second kappa shape index (κ2) is 11.1. The highest BCUT2D eigenvalue weighted by Gasteiger charge is 1.94. The zero-order valence-electron chi connectivity index (χ0n) is 10.6. The van der Waals surface area contributed by atoms with Crippen molar-refractivity contribution in [2.45, 2.75) is 85.0 Å². The molecule has 0 aromatic heterocycles. The second-order valence-corrected chi connectivity index (χ2v) is 5.01. The van der Waals surface area contributed by atoms with Crippen LogP contribution in [0.25, 0.3) is 0 Å². The van der Waals surface area contributed by atoms with Crippen LogP contribution in [0.4, 0.5) is 0 Å². The van der Waals surface area contributed by atoms with Gasteiger partial charge in [0.2, 0.25) is 0 Å².